The van der Waals surface area contributed by atoms with Gasteiger partial charge >= 0.3 is 0 Å². The Labute approximate surface area is 157 Å². The minimum atomic E-state index is 0.324. The van der Waals surface area contributed by atoms with Crippen molar-refractivity contribution in [1.82, 2.24) is 4.98 Å². The number of hydrogen-bond acceptors (Lipinski definition) is 2. The number of pyridine rings is 1. The number of rotatable bonds is 2. The zero-order valence-electron chi connectivity index (χ0n) is 14.9. The summed E-state index contributed by atoms with van der Waals surface area (Å²) >= 11 is 0. The molecule has 1 aromatic heterocycles. The Morgan fingerprint density at radius 3 is 2.70 bits per heavy atom. The molecule has 2 N–H and O–H groups in total. The van der Waals surface area contributed by atoms with E-state index >= 15 is 0 Å². The van der Waals surface area contributed by atoms with Crippen LogP contribution < -0.4 is 10.2 Å². The van der Waals surface area contributed by atoms with Gasteiger partial charge in [-0.25, -0.2) is 0 Å². The Balaban J connectivity index is 1.48. The first-order chi connectivity index (χ1) is 13.2. The Hall–Kier alpha value is -3.66. The molecule has 1 aliphatic rings. The molecule has 1 aliphatic carbocycles. The van der Waals surface area contributed by atoms with E-state index in [1.54, 1.807) is 6.20 Å². The second-order valence-corrected chi connectivity index (χ2v) is 6.72. The van der Waals surface area contributed by atoms with E-state index in [9.17, 15) is 0 Å². The van der Waals surface area contributed by atoms with E-state index in [0.29, 0.717) is 5.96 Å². The topological polar surface area (TPSA) is 52.0 Å². The number of benzene rings is 3. The molecular weight excluding hydrogens is 332 g/mol. The summed E-state index contributed by atoms with van der Waals surface area (Å²) in [6.07, 6.45) is 6.08. The van der Waals surface area contributed by atoms with Gasteiger partial charge in [-0.3, -0.25) is 10.4 Å². The molecule has 4 heteroatoms. The van der Waals surface area contributed by atoms with Crippen LogP contribution in [-0.2, 0) is 0 Å². The summed E-state index contributed by atoms with van der Waals surface area (Å²) in [6.45, 7) is 0. The van der Waals surface area contributed by atoms with Crippen LogP contribution in [0, 0.1) is 5.41 Å². The van der Waals surface area contributed by atoms with Crippen LogP contribution in [0.15, 0.2) is 66.9 Å². The minimum absolute atomic E-state index is 0.324. The van der Waals surface area contributed by atoms with E-state index in [1.165, 1.54) is 16.5 Å². The van der Waals surface area contributed by atoms with Crippen LogP contribution in [0.1, 0.15) is 11.1 Å². The van der Waals surface area contributed by atoms with E-state index in [1.807, 2.05) is 42.3 Å². The van der Waals surface area contributed by atoms with Gasteiger partial charge in [-0.05, 0) is 46.8 Å². The van der Waals surface area contributed by atoms with Crippen molar-refractivity contribution in [2.45, 2.75) is 0 Å². The lowest BCUT2D eigenvalue weighted by atomic mass is 10.0. The summed E-state index contributed by atoms with van der Waals surface area (Å²) in [6, 6.07) is 20.4. The highest BCUT2D eigenvalue weighted by molar-refractivity contribution is 6.14. The molecule has 0 saturated carbocycles. The number of nitrogens with one attached hydrogen (secondary N) is 2. The van der Waals surface area contributed by atoms with Crippen LogP contribution in [0.5, 0.6) is 0 Å². The lowest BCUT2D eigenvalue weighted by Gasteiger charge is -2.23. The van der Waals surface area contributed by atoms with E-state index < -0.39 is 0 Å². The van der Waals surface area contributed by atoms with Crippen molar-refractivity contribution >= 4 is 51.2 Å². The fourth-order valence-corrected chi connectivity index (χ4v) is 3.69. The number of hydrogen-bond donors (Lipinski definition) is 2. The maximum atomic E-state index is 8.56. The largest absolute Gasteiger partial charge is 0.326 e. The summed E-state index contributed by atoms with van der Waals surface area (Å²) in [4.78, 5) is 6.23. The molecule has 0 atom stereocenters. The van der Waals surface area contributed by atoms with Gasteiger partial charge in [-0.2, -0.15) is 0 Å². The zero-order chi connectivity index (χ0) is 18.4. The molecule has 130 valence electrons. The number of fused-ring (bicyclic) bond motifs is 1. The Kier molecular flexibility index (Phi) is 3.44. The van der Waals surface area contributed by atoms with Crippen molar-refractivity contribution in [3.8, 4) is 0 Å². The van der Waals surface area contributed by atoms with E-state index in [4.69, 9.17) is 5.41 Å². The van der Waals surface area contributed by atoms with Gasteiger partial charge in [0.1, 0.15) is 0 Å². The Morgan fingerprint density at radius 2 is 1.81 bits per heavy atom. The fraction of sp³-hybridized carbons (Fsp3) is 0.0435. The standard InChI is InChI=1S/C23H18N4/c1-27(21-12-9-16-8-7-15-4-2-6-19(21)22(15)16)23(24)26-18-10-11-20-17(14-18)5-3-13-25-20/h2-14H,1H3,(H2,24,26). The van der Waals surface area contributed by atoms with E-state index in [-0.39, 0.29) is 0 Å². The molecule has 4 aromatic rings. The second-order valence-electron chi connectivity index (χ2n) is 6.72. The first kappa shape index (κ1) is 15.6. The van der Waals surface area contributed by atoms with Gasteiger partial charge in [0, 0.05) is 29.7 Å². The third kappa shape index (κ3) is 2.54. The molecule has 3 aromatic carbocycles. The Morgan fingerprint density at radius 1 is 0.963 bits per heavy atom. The van der Waals surface area contributed by atoms with Crippen LogP contribution >= 0.6 is 0 Å². The summed E-state index contributed by atoms with van der Waals surface area (Å²) in [5.74, 6) is 0.324. The average molecular weight is 350 g/mol. The van der Waals surface area contributed by atoms with Gasteiger partial charge in [-0.1, -0.05) is 42.5 Å². The van der Waals surface area contributed by atoms with Crippen LogP contribution in [0.3, 0.4) is 0 Å². The van der Waals surface area contributed by atoms with Crippen molar-refractivity contribution in [3.05, 3.63) is 78.0 Å². The third-order valence-electron chi connectivity index (χ3n) is 5.09. The predicted molar refractivity (Wildman–Crippen MR) is 114 cm³/mol. The maximum Gasteiger partial charge on any atom is 0.199 e. The van der Waals surface area contributed by atoms with Crippen molar-refractivity contribution in [2.75, 3.05) is 17.3 Å². The first-order valence-corrected chi connectivity index (χ1v) is 8.88. The molecule has 0 radical (unpaired) electrons. The SMILES string of the molecule is CN(C(=N)Nc1ccc2ncccc2c1)c1ccc2c3c(cccc13)C=C2. The van der Waals surface area contributed by atoms with Gasteiger partial charge in [0.25, 0.3) is 0 Å². The molecule has 0 aliphatic heterocycles. The van der Waals surface area contributed by atoms with Gasteiger partial charge in [0.05, 0.1) is 11.2 Å². The lowest BCUT2D eigenvalue weighted by molar-refractivity contribution is 1.22. The highest BCUT2D eigenvalue weighted by Gasteiger charge is 2.16. The number of aromatic nitrogens is 1. The molecule has 0 spiro atoms. The van der Waals surface area contributed by atoms with Gasteiger partial charge < -0.3 is 10.2 Å². The lowest BCUT2D eigenvalue weighted by Crippen LogP contribution is -2.32. The van der Waals surface area contributed by atoms with Crippen LogP contribution in [0.2, 0.25) is 0 Å². The van der Waals surface area contributed by atoms with E-state index in [0.717, 1.165) is 27.7 Å². The number of guanidine groups is 1. The van der Waals surface area contributed by atoms with Gasteiger partial charge in [0.2, 0.25) is 0 Å². The normalized spacial score (nSPS) is 11.9. The fourth-order valence-electron chi connectivity index (χ4n) is 3.69. The predicted octanol–water partition coefficient (Wildman–Crippen LogP) is 5.35. The third-order valence-corrected chi connectivity index (χ3v) is 5.09. The maximum absolute atomic E-state index is 8.56. The monoisotopic (exact) mass is 350 g/mol. The van der Waals surface area contributed by atoms with Crippen molar-refractivity contribution in [3.63, 3.8) is 0 Å². The van der Waals surface area contributed by atoms with Crippen molar-refractivity contribution in [1.29, 1.82) is 5.41 Å². The van der Waals surface area contributed by atoms with E-state index in [2.05, 4.69) is 52.8 Å². The van der Waals surface area contributed by atoms with Crippen LogP contribution in [0.25, 0.3) is 33.8 Å². The van der Waals surface area contributed by atoms with Crippen molar-refractivity contribution < 1.29 is 0 Å². The van der Waals surface area contributed by atoms with Crippen molar-refractivity contribution in [2.24, 2.45) is 0 Å². The van der Waals surface area contributed by atoms with Gasteiger partial charge in [0.15, 0.2) is 5.96 Å². The van der Waals surface area contributed by atoms with Crippen LogP contribution in [0.4, 0.5) is 11.4 Å². The highest BCUT2D eigenvalue weighted by Crippen LogP contribution is 2.36. The molecule has 27 heavy (non-hydrogen) atoms. The molecule has 0 amide bonds. The smallest absolute Gasteiger partial charge is 0.199 e. The second kappa shape index (κ2) is 5.95. The summed E-state index contributed by atoms with van der Waals surface area (Å²) in [5, 5.41) is 15.2. The van der Waals surface area contributed by atoms with Crippen LogP contribution in [-0.4, -0.2) is 18.0 Å². The molecular formula is C23H18N4. The average Bonchev–Trinajstić information content (AvgIpc) is 3.13. The van der Waals surface area contributed by atoms with Gasteiger partial charge in [-0.15, -0.1) is 0 Å². The molecule has 4 nitrogen and oxygen atoms in total. The molecule has 5 rings (SSSR count). The zero-order valence-corrected chi connectivity index (χ0v) is 14.9. The summed E-state index contributed by atoms with van der Waals surface area (Å²) in [7, 11) is 1.92. The molecule has 0 fully saturated rings. The Bertz CT molecular complexity index is 1230. The number of anilines is 2. The quantitative estimate of drug-likeness (QED) is 0.333. The first-order valence-electron chi connectivity index (χ1n) is 8.88. The number of nitrogens with zero attached hydrogens (tertiary/aromatic N) is 2. The molecule has 0 bridgehead atoms. The molecule has 1 heterocycles. The highest BCUT2D eigenvalue weighted by atomic mass is 15.3. The minimum Gasteiger partial charge on any atom is -0.326 e. The summed E-state index contributed by atoms with van der Waals surface area (Å²) in [5.41, 5.74) is 5.31. The molecule has 0 unspecified atom stereocenters. The molecule has 0 saturated heterocycles. The summed E-state index contributed by atoms with van der Waals surface area (Å²) < 4.78 is 0.